The molecule has 0 atom stereocenters. The minimum atomic E-state index is -4.57. The molecule has 0 unspecified atom stereocenters. The summed E-state index contributed by atoms with van der Waals surface area (Å²) in [4.78, 5) is 17.4. The normalized spacial score (nSPS) is 12.0. The second-order valence-corrected chi connectivity index (χ2v) is 5.36. The summed E-state index contributed by atoms with van der Waals surface area (Å²) in [6.45, 7) is 0. The maximum atomic E-state index is 10.7. The zero-order chi connectivity index (χ0) is 11.9. The molecule has 0 saturated carbocycles. The number of nitrogens with zero attached hydrogens (tertiary/aromatic N) is 1. The van der Waals surface area contributed by atoms with Crippen LogP contribution >= 0.6 is 35.6 Å². The van der Waals surface area contributed by atoms with Gasteiger partial charge >= 0.3 is 7.82 Å². The van der Waals surface area contributed by atoms with Crippen molar-refractivity contribution in [2.75, 3.05) is 0 Å². The molecule has 0 spiro atoms. The van der Waals surface area contributed by atoms with Crippen LogP contribution in [0.1, 0.15) is 0 Å². The van der Waals surface area contributed by atoms with Gasteiger partial charge in [-0.25, -0.2) is 8.16 Å². The molecule has 2 aromatic rings. The summed E-state index contributed by atoms with van der Waals surface area (Å²) >= 11 is 8.93. The van der Waals surface area contributed by atoms with Crippen molar-refractivity contribution in [2.45, 2.75) is 0 Å². The predicted octanol–water partition coefficient (Wildman–Crippen LogP) is 2.92. The molecule has 0 fully saturated rings. The molecule has 0 aliphatic rings. The van der Waals surface area contributed by atoms with Crippen LogP contribution < -0.4 is 4.52 Å². The average molecular weight is 326 g/mol. The summed E-state index contributed by atoms with van der Waals surface area (Å²) in [5.41, 5.74) is 0.663. The molecule has 0 radical (unpaired) electrons. The smallest absolute Gasteiger partial charge is 0.387 e. The van der Waals surface area contributed by atoms with E-state index in [1.54, 1.807) is 18.2 Å². The number of hydrogen-bond donors (Lipinski definition) is 2. The van der Waals surface area contributed by atoms with E-state index in [1.165, 1.54) is 9.66 Å². The van der Waals surface area contributed by atoms with Crippen LogP contribution in [-0.2, 0) is 4.57 Å². The number of aromatic nitrogens is 1. The van der Waals surface area contributed by atoms with Gasteiger partial charge in [0.25, 0.3) is 0 Å². The molecule has 16 heavy (non-hydrogen) atoms. The first-order chi connectivity index (χ1) is 7.37. The van der Waals surface area contributed by atoms with Crippen molar-refractivity contribution in [1.82, 2.24) is 3.59 Å². The largest absolute Gasteiger partial charge is 0.526 e. The van der Waals surface area contributed by atoms with Crippen molar-refractivity contribution in [3.63, 3.8) is 0 Å². The lowest BCUT2D eigenvalue weighted by atomic mass is 10.2. The Balaban J connectivity index is 2.56. The molecular formula is C8H6BrClNO4P. The van der Waals surface area contributed by atoms with Crippen LogP contribution in [0, 0.1) is 0 Å². The Morgan fingerprint density at radius 3 is 2.69 bits per heavy atom. The van der Waals surface area contributed by atoms with E-state index in [4.69, 9.17) is 21.4 Å². The van der Waals surface area contributed by atoms with Crippen LogP contribution in [0.5, 0.6) is 5.88 Å². The lowest BCUT2D eigenvalue weighted by molar-refractivity contribution is 0.279. The predicted molar refractivity (Wildman–Crippen MR) is 63.9 cm³/mol. The fourth-order valence-electron chi connectivity index (χ4n) is 1.30. The van der Waals surface area contributed by atoms with E-state index in [-0.39, 0.29) is 5.88 Å². The van der Waals surface area contributed by atoms with E-state index < -0.39 is 7.82 Å². The van der Waals surface area contributed by atoms with E-state index in [2.05, 4.69) is 20.7 Å². The van der Waals surface area contributed by atoms with Gasteiger partial charge < -0.3 is 4.52 Å². The summed E-state index contributed by atoms with van der Waals surface area (Å²) < 4.78 is 16.5. The van der Waals surface area contributed by atoms with Gasteiger partial charge in [-0.1, -0.05) is 17.7 Å². The zero-order valence-electron chi connectivity index (χ0n) is 7.67. The van der Waals surface area contributed by atoms with Crippen LogP contribution in [-0.4, -0.2) is 13.4 Å². The van der Waals surface area contributed by atoms with Crippen molar-refractivity contribution in [3.8, 4) is 5.88 Å². The third-order valence-electron chi connectivity index (χ3n) is 1.89. The second-order valence-electron chi connectivity index (χ2n) is 3.05. The Kier molecular flexibility index (Phi) is 3.03. The molecule has 2 N–H and O–H groups in total. The second kappa shape index (κ2) is 4.05. The number of rotatable bonds is 2. The van der Waals surface area contributed by atoms with Gasteiger partial charge in [0.2, 0.25) is 5.88 Å². The maximum absolute atomic E-state index is 10.7. The van der Waals surface area contributed by atoms with Gasteiger partial charge in [0.1, 0.15) is 0 Å². The van der Waals surface area contributed by atoms with E-state index in [1.807, 2.05) is 0 Å². The first-order valence-corrected chi connectivity index (χ1v) is 6.71. The van der Waals surface area contributed by atoms with Crippen molar-refractivity contribution >= 4 is 46.5 Å². The molecule has 0 aliphatic heterocycles. The summed E-state index contributed by atoms with van der Waals surface area (Å²) in [6.07, 6.45) is 0. The van der Waals surface area contributed by atoms with Gasteiger partial charge in [0.05, 0.1) is 21.7 Å². The topological polar surface area (TPSA) is 71.7 Å². The van der Waals surface area contributed by atoms with E-state index in [0.29, 0.717) is 10.5 Å². The number of phosphoric acid groups is 1. The monoisotopic (exact) mass is 325 g/mol. The molecule has 0 bridgehead atoms. The number of hydrogen-bond acceptors (Lipinski definition) is 2. The van der Waals surface area contributed by atoms with Gasteiger partial charge in [-0.3, -0.25) is 9.79 Å². The van der Waals surface area contributed by atoms with Gasteiger partial charge in [-0.15, -0.1) is 0 Å². The Morgan fingerprint density at radius 2 is 2.06 bits per heavy atom. The van der Waals surface area contributed by atoms with E-state index in [0.717, 1.165) is 5.39 Å². The Hall–Kier alpha value is -0.520. The molecule has 1 aromatic carbocycles. The van der Waals surface area contributed by atoms with E-state index >= 15 is 0 Å². The standard InChI is InChI=1S/C8H6BrClNO4P/c9-11-7-4-6(10)2-1-5(7)3-8(11)15-16(12,13)14/h1-4H,(H2,12,13,14). The highest BCUT2D eigenvalue weighted by molar-refractivity contribution is 9.08. The third kappa shape index (κ3) is 2.42. The molecule has 2 rings (SSSR count). The zero-order valence-corrected chi connectivity index (χ0v) is 10.9. The van der Waals surface area contributed by atoms with Crippen molar-refractivity contribution in [3.05, 3.63) is 29.3 Å². The Bertz CT molecular complexity index is 593. The van der Waals surface area contributed by atoms with Crippen LogP contribution in [0.3, 0.4) is 0 Å². The minimum Gasteiger partial charge on any atom is -0.387 e. The van der Waals surface area contributed by atoms with Crippen molar-refractivity contribution in [1.29, 1.82) is 0 Å². The van der Waals surface area contributed by atoms with Crippen LogP contribution in [0.2, 0.25) is 5.02 Å². The van der Waals surface area contributed by atoms with Crippen LogP contribution in [0.15, 0.2) is 24.3 Å². The van der Waals surface area contributed by atoms with Gasteiger partial charge in [0, 0.05) is 16.5 Å². The first-order valence-electron chi connectivity index (χ1n) is 4.09. The van der Waals surface area contributed by atoms with Crippen molar-refractivity contribution in [2.24, 2.45) is 0 Å². The first kappa shape index (κ1) is 12.0. The fraction of sp³-hybridized carbons (Fsp3) is 0. The Morgan fingerprint density at radius 1 is 1.38 bits per heavy atom. The van der Waals surface area contributed by atoms with Gasteiger partial charge in [0.15, 0.2) is 0 Å². The number of halogens is 2. The van der Waals surface area contributed by atoms with Crippen LogP contribution in [0.4, 0.5) is 0 Å². The highest BCUT2D eigenvalue weighted by atomic mass is 79.9. The lowest BCUT2D eigenvalue weighted by Crippen LogP contribution is -1.92. The summed E-state index contributed by atoms with van der Waals surface area (Å²) in [7, 11) is -4.57. The van der Waals surface area contributed by atoms with Gasteiger partial charge in [-0.2, -0.15) is 0 Å². The quantitative estimate of drug-likeness (QED) is 0.832. The highest BCUT2D eigenvalue weighted by Gasteiger charge is 2.19. The fourth-order valence-corrected chi connectivity index (χ4v) is 2.44. The minimum absolute atomic E-state index is 0.0191. The molecule has 86 valence electrons. The van der Waals surface area contributed by atoms with E-state index in [9.17, 15) is 4.57 Å². The molecule has 8 heteroatoms. The molecule has 1 aromatic heterocycles. The maximum Gasteiger partial charge on any atom is 0.526 e. The van der Waals surface area contributed by atoms with Crippen molar-refractivity contribution < 1.29 is 18.9 Å². The molecule has 5 nitrogen and oxygen atoms in total. The summed E-state index contributed by atoms with van der Waals surface area (Å²) in [5, 5.41) is 1.28. The third-order valence-corrected chi connectivity index (χ3v) is 3.28. The molecule has 0 aliphatic carbocycles. The highest BCUT2D eigenvalue weighted by Crippen LogP contribution is 2.40. The summed E-state index contributed by atoms with van der Waals surface area (Å²) in [6, 6.07) is 6.55. The van der Waals surface area contributed by atoms with Gasteiger partial charge in [-0.05, 0) is 12.1 Å². The lowest BCUT2D eigenvalue weighted by Gasteiger charge is -2.05. The molecule has 1 heterocycles. The molecule has 0 amide bonds. The number of benzene rings is 1. The summed E-state index contributed by atoms with van der Waals surface area (Å²) in [5.74, 6) is 0.0191. The molecular weight excluding hydrogens is 320 g/mol. The molecule has 0 saturated heterocycles. The average Bonchev–Trinajstić information content (AvgIpc) is 2.42. The number of fused-ring (bicyclic) bond motifs is 1. The number of phosphoric ester groups is 1. The Labute approximate surface area is 104 Å². The SMILES string of the molecule is O=P(O)(O)Oc1cc2ccc(Cl)cc2n1Br. The van der Waals surface area contributed by atoms with Crippen LogP contribution in [0.25, 0.3) is 10.9 Å².